The minimum Gasteiger partial charge on any atom is -0.373 e. The van der Waals surface area contributed by atoms with Gasteiger partial charge in [-0.15, -0.1) is 11.3 Å². The van der Waals surface area contributed by atoms with Gasteiger partial charge in [0.25, 0.3) is 15.9 Å². The zero-order chi connectivity index (χ0) is 22.7. The number of sulfonamides is 1. The minimum atomic E-state index is -3.64. The van der Waals surface area contributed by atoms with E-state index in [0.717, 1.165) is 56.9 Å². The molecule has 0 aliphatic carbocycles. The number of hydrogen-bond donors (Lipinski definition) is 1. The van der Waals surface area contributed by atoms with Crippen LogP contribution in [0.15, 0.2) is 46.0 Å². The van der Waals surface area contributed by atoms with Crippen LogP contribution in [-0.2, 0) is 14.8 Å². The topological polar surface area (TPSA) is 79.0 Å². The smallest absolute Gasteiger partial charge is 0.271 e. The average Bonchev–Trinajstić information content (AvgIpc) is 3.29. The van der Waals surface area contributed by atoms with E-state index < -0.39 is 10.0 Å². The molecule has 7 nitrogen and oxygen atoms in total. The summed E-state index contributed by atoms with van der Waals surface area (Å²) in [6, 6.07) is 10.0. The summed E-state index contributed by atoms with van der Waals surface area (Å²) in [5.74, 6) is 0.537. The molecule has 1 amide bonds. The van der Waals surface area contributed by atoms with Crippen molar-refractivity contribution >= 4 is 33.0 Å². The molecule has 2 atom stereocenters. The van der Waals surface area contributed by atoms with Gasteiger partial charge in [0.1, 0.15) is 4.21 Å². The predicted molar refractivity (Wildman–Crippen MR) is 127 cm³/mol. The van der Waals surface area contributed by atoms with E-state index in [0.29, 0.717) is 17.2 Å². The SMILES string of the molecule is CC1CN(CC2CCN(C(=O)c3cccc(NS(=O)(=O)c4cccs4)c3)CC2)CC(C)O1. The van der Waals surface area contributed by atoms with Crippen molar-refractivity contribution in [3.63, 3.8) is 0 Å². The Hall–Kier alpha value is -1.94. The number of anilines is 1. The molecule has 0 bridgehead atoms. The maximum atomic E-state index is 13.1. The number of morpholine rings is 1. The second-order valence-corrected chi connectivity index (χ2v) is 11.7. The molecule has 0 saturated carbocycles. The fourth-order valence-corrected chi connectivity index (χ4v) is 6.68. The summed E-state index contributed by atoms with van der Waals surface area (Å²) in [6.45, 7) is 8.70. The van der Waals surface area contributed by atoms with E-state index in [9.17, 15) is 13.2 Å². The molecule has 2 aliphatic heterocycles. The van der Waals surface area contributed by atoms with Crippen LogP contribution in [0, 0.1) is 5.92 Å². The number of piperidine rings is 1. The fraction of sp³-hybridized carbons (Fsp3) is 0.522. The van der Waals surface area contributed by atoms with Crippen LogP contribution in [0.3, 0.4) is 0 Å². The Morgan fingerprint density at radius 1 is 1.12 bits per heavy atom. The Balaban J connectivity index is 1.33. The minimum absolute atomic E-state index is 0.0470. The van der Waals surface area contributed by atoms with Gasteiger partial charge in [0.05, 0.1) is 12.2 Å². The lowest BCUT2D eigenvalue weighted by molar-refractivity contribution is -0.0728. The van der Waals surface area contributed by atoms with Crippen molar-refractivity contribution in [2.75, 3.05) is 37.4 Å². The molecule has 0 spiro atoms. The Morgan fingerprint density at radius 2 is 1.84 bits per heavy atom. The Bertz CT molecular complexity index is 1010. The number of carbonyl (C=O) groups excluding carboxylic acids is 1. The molecule has 2 saturated heterocycles. The van der Waals surface area contributed by atoms with Gasteiger partial charge in [-0.25, -0.2) is 8.42 Å². The van der Waals surface area contributed by atoms with Crippen molar-refractivity contribution < 1.29 is 17.9 Å². The second-order valence-electron chi connectivity index (χ2n) is 8.83. The lowest BCUT2D eigenvalue weighted by atomic mass is 9.95. The summed E-state index contributed by atoms with van der Waals surface area (Å²) in [6.07, 6.45) is 2.50. The number of nitrogens with zero attached hydrogens (tertiary/aromatic N) is 2. The zero-order valence-electron chi connectivity index (χ0n) is 18.6. The van der Waals surface area contributed by atoms with Gasteiger partial charge in [0.2, 0.25) is 0 Å². The molecule has 1 aromatic carbocycles. The number of likely N-dealkylation sites (tertiary alicyclic amines) is 1. The highest BCUT2D eigenvalue weighted by Crippen LogP contribution is 2.24. The van der Waals surface area contributed by atoms with Crippen LogP contribution < -0.4 is 4.72 Å². The van der Waals surface area contributed by atoms with E-state index in [1.54, 1.807) is 41.8 Å². The van der Waals surface area contributed by atoms with Crippen molar-refractivity contribution in [3.05, 3.63) is 47.3 Å². The summed E-state index contributed by atoms with van der Waals surface area (Å²) in [5, 5.41) is 1.72. The van der Waals surface area contributed by atoms with E-state index >= 15 is 0 Å². The Kier molecular flexibility index (Phi) is 7.19. The van der Waals surface area contributed by atoms with Crippen molar-refractivity contribution in [2.24, 2.45) is 5.92 Å². The quantitative estimate of drug-likeness (QED) is 0.689. The zero-order valence-corrected chi connectivity index (χ0v) is 20.2. The van der Waals surface area contributed by atoms with Crippen LogP contribution in [0.4, 0.5) is 5.69 Å². The highest BCUT2D eigenvalue weighted by atomic mass is 32.2. The lowest BCUT2D eigenvalue weighted by Crippen LogP contribution is -2.48. The van der Waals surface area contributed by atoms with E-state index in [-0.39, 0.29) is 22.3 Å². The molecular formula is C23H31N3O4S2. The van der Waals surface area contributed by atoms with E-state index in [2.05, 4.69) is 23.5 Å². The number of hydrogen-bond acceptors (Lipinski definition) is 6. The standard InChI is InChI=1S/C23H31N3O4S2/c1-17-14-25(15-18(2)30-17)16-19-8-10-26(11-9-19)23(27)20-5-3-6-21(13-20)24-32(28,29)22-7-4-12-31-22/h3-7,12-13,17-19,24H,8-11,14-16H2,1-2H3. The van der Waals surface area contributed by atoms with E-state index in [1.807, 2.05) is 4.90 Å². The first-order valence-corrected chi connectivity index (χ1v) is 13.5. The summed E-state index contributed by atoms with van der Waals surface area (Å²) >= 11 is 1.16. The third-order valence-electron chi connectivity index (χ3n) is 6.04. The van der Waals surface area contributed by atoms with Crippen molar-refractivity contribution in [2.45, 2.75) is 43.1 Å². The Labute approximate surface area is 194 Å². The molecule has 32 heavy (non-hydrogen) atoms. The monoisotopic (exact) mass is 477 g/mol. The van der Waals surface area contributed by atoms with Crippen molar-refractivity contribution in [1.29, 1.82) is 0 Å². The summed E-state index contributed by atoms with van der Waals surface area (Å²) in [4.78, 5) is 17.4. The van der Waals surface area contributed by atoms with Crippen LogP contribution in [0.5, 0.6) is 0 Å². The fourth-order valence-electron chi connectivity index (χ4n) is 4.64. The predicted octanol–water partition coefficient (Wildman–Crippen LogP) is 3.51. The normalized spacial score (nSPS) is 23.2. The molecule has 2 fully saturated rings. The number of rotatable bonds is 6. The van der Waals surface area contributed by atoms with Gasteiger partial charge in [-0.2, -0.15) is 0 Å². The molecule has 2 aliphatic rings. The first-order chi connectivity index (χ1) is 15.3. The van der Waals surface area contributed by atoms with Crippen molar-refractivity contribution in [3.8, 4) is 0 Å². The largest absolute Gasteiger partial charge is 0.373 e. The molecule has 174 valence electrons. The van der Waals surface area contributed by atoms with Crippen LogP contribution in [-0.4, -0.2) is 69.1 Å². The van der Waals surface area contributed by atoms with Gasteiger partial charge in [0, 0.05) is 44.0 Å². The van der Waals surface area contributed by atoms with Gasteiger partial charge >= 0.3 is 0 Å². The van der Waals surface area contributed by atoms with E-state index in [4.69, 9.17) is 4.74 Å². The van der Waals surface area contributed by atoms with Crippen LogP contribution in [0.25, 0.3) is 0 Å². The second kappa shape index (κ2) is 9.91. The van der Waals surface area contributed by atoms with Gasteiger partial charge in [-0.3, -0.25) is 14.4 Å². The maximum Gasteiger partial charge on any atom is 0.271 e. The number of benzene rings is 1. The molecule has 1 N–H and O–H groups in total. The molecule has 3 heterocycles. The molecule has 1 aromatic heterocycles. The average molecular weight is 478 g/mol. The highest BCUT2D eigenvalue weighted by Gasteiger charge is 2.28. The van der Waals surface area contributed by atoms with Gasteiger partial charge in [0.15, 0.2) is 0 Å². The van der Waals surface area contributed by atoms with Crippen molar-refractivity contribution in [1.82, 2.24) is 9.80 Å². The first kappa shape index (κ1) is 23.2. The molecule has 0 radical (unpaired) electrons. The number of ether oxygens (including phenoxy) is 1. The van der Waals surface area contributed by atoms with Gasteiger partial charge < -0.3 is 9.64 Å². The molecule has 2 aromatic rings. The third-order valence-corrected chi connectivity index (χ3v) is 8.81. The molecule has 2 unspecified atom stereocenters. The number of amides is 1. The van der Waals surface area contributed by atoms with Crippen LogP contribution >= 0.6 is 11.3 Å². The first-order valence-electron chi connectivity index (χ1n) is 11.1. The molecule has 9 heteroatoms. The van der Waals surface area contributed by atoms with Gasteiger partial charge in [-0.1, -0.05) is 12.1 Å². The van der Waals surface area contributed by atoms with E-state index in [1.165, 1.54) is 0 Å². The lowest BCUT2D eigenvalue weighted by Gasteiger charge is -2.39. The third kappa shape index (κ3) is 5.70. The molecule has 4 rings (SSSR count). The van der Waals surface area contributed by atoms with Gasteiger partial charge in [-0.05, 0) is 62.3 Å². The number of carbonyl (C=O) groups is 1. The molecular weight excluding hydrogens is 446 g/mol. The number of thiophene rings is 1. The number of nitrogens with one attached hydrogen (secondary N) is 1. The van der Waals surface area contributed by atoms with Crippen LogP contribution in [0.1, 0.15) is 37.0 Å². The van der Waals surface area contributed by atoms with Crippen LogP contribution in [0.2, 0.25) is 0 Å². The summed E-state index contributed by atoms with van der Waals surface area (Å²) in [5.41, 5.74) is 0.903. The summed E-state index contributed by atoms with van der Waals surface area (Å²) in [7, 11) is -3.64. The summed E-state index contributed by atoms with van der Waals surface area (Å²) < 4.78 is 33.6. The Morgan fingerprint density at radius 3 is 2.50 bits per heavy atom. The maximum absolute atomic E-state index is 13.1. The highest BCUT2D eigenvalue weighted by molar-refractivity contribution is 7.94.